The van der Waals surface area contributed by atoms with Crippen molar-refractivity contribution in [1.82, 2.24) is 15.3 Å². The molecule has 2 aliphatic rings. The third-order valence-electron chi connectivity index (χ3n) is 5.58. The number of thioether (sulfide) groups is 1. The molecule has 7 heteroatoms. The summed E-state index contributed by atoms with van der Waals surface area (Å²) < 4.78 is -0.199. The fourth-order valence-electron chi connectivity index (χ4n) is 4.04. The molecule has 0 bridgehead atoms. The molecule has 2 amide bonds. The Kier molecular flexibility index (Phi) is 5.43. The Morgan fingerprint density at radius 3 is 2.70 bits per heavy atom. The standard InChI is InChI=1S/C23H30N4O2S/c1-5-8-16-14-24-19(25-16)18-13-15-9-6-7-10-17(15)27(18)20(28)23(11-12-23)26-21(29)30-22(2,3)4/h6-7,9-10,14,18H,5,8,11-13H2,1-4H3,(H,24,25)(H,26,29). The van der Waals surface area contributed by atoms with E-state index in [1.165, 1.54) is 11.8 Å². The van der Waals surface area contributed by atoms with Crippen molar-refractivity contribution in [3.63, 3.8) is 0 Å². The van der Waals surface area contributed by atoms with Crippen LogP contribution in [0.2, 0.25) is 0 Å². The maximum Gasteiger partial charge on any atom is 0.280 e. The highest BCUT2D eigenvalue weighted by atomic mass is 32.2. The number of aromatic amines is 1. The lowest BCUT2D eigenvalue weighted by Gasteiger charge is -2.29. The van der Waals surface area contributed by atoms with Gasteiger partial charge in [-0.25, -0.2) is 4.98 Å². The largest absolute Gasteiger partial charge is 0.344 e. The van der Waals surface area contributed by atoms with Gasteiger partial charge in [0.1, 0.15) is 11.4 Å². The van der Waals surface area contributed by atoms with Crippen LogP contribution in [0.15, 0.2) is 30.5 Å². The number of fused-ring (bicyclic) bond motifs is 1. The van der Waals surface area contributed by atoms with E-state index in [0.717, 1.165) is 42.0 Å². The Labute approximate surface area is 182 Å². The molecule has 1 aromatic heterocycles. The number of nitrogens with one attached hydrogen (secondary N) is 2. The summed E-state index contributed by atoms with van der Waals surface area (Å²) in [7, 11) is 0. The van der Waals surface area contributed by atoms with Crippen molar-refractivity contribution in [2.75, 3.05) is 4.90 Å². The van der Waals surface area contributed by atoms with Crippen molar-refractivity contribution in [2.24, 2.45) is 0 Å². The topological polar surface area (TPSA) is 78.1 Å². The van der Waals surface area contributed by atoms with Crippen LogP contribution in [0.5, 0.6) is 0 Å². The molecule has 6 nitrogen and oxygen atoms in total. The van der Waals surface area contributed by atoms with Crippen molar-refractivity contribution in [3.05, 3.63) is 47.5 Å². The van der Waals surface area contributed by atoms with E-state index in [1.807, 2.05) is 50.1 Å². The van der Waals surface area contributed by atoms with Gasteiger partial charge in [-0.05, 0) is 30.9 Å². The summed E-state index contributed by atoms with van der Waals surface area (Å²) in [5, 5.41) is 2.89. The molecule has 30 heavy (non-hydrogen) atoms. The smallest absolute Gasteiger partial charge is 0.280 e. The van der Waals surface area contributed by atoms with Crippen molar-refractivity contribution in [1.29, 1.82) is 0 Å². The number of benzene rings is 1. The number of aromatic nitrogens is 2. The Bertz CT molecular complexity index is 958. The number of carbonyl (C=O) groups excluding carboxylic acids is 2. The lowest BCUT2D eigenvalue weighted by molar-refractivity contribution is -0.121. The van der Waals surface area contributed by atoms with E-state index in [2.05, 4.69) is 28.3 Å². The molecule has 0 saturated heterocycles. The van der Waals surface area contributed by atoms with Crippen LogP contribution in [0.3, 0.4) is 0 Å². The highest BCUT2D eigenvalue weighted by Crippen LogP contribution is 2.46. The van der Waals surface area contributed by atoms with Gasteiger partial charge in [-0.1, -0.05) is 64.1 Å². The van der Waals surface area contributed by atoms with Gasteiger partial charge in [0.2, 0.25) is 0 Å². The first-order valence-corrected chi connectivity index (χ1v) is 11.5. The number of para-hydroxylation sites is 1. The predicted molar refractivity (Wildman–Crippen MR) is 121 cm³/mol. The molecule has 160 valence electrons. The molecule has 1 unspecified atom stereocenters. The average Bonchev–Trinajstić information content (AvgIpc) is 3.12. The second-order valence-electron chi connectivity index (χ2n) is 9.28. The first-order chi connectivity index (χ1) is 14.2. The fraction of sp³-hybridized carbons (Fsp3) is 0.522. The number of anilines is 1. The van der Waals surface area contributed by atoms with E-state index >= 15 is 0 Å². The number of hydrogen-bond donors (Lipinski definition) is 2. The molecule has 1 aliphatic heterocycles. The van der Waals surface area contributed by atoms with Crippen LogP contribution < -0.4 is 10.2 Å². The van der Waals surface area contributed by atoms with E-state index in [-0.39, 0.29) is 21.9 Å². The summed E-state index contributed by atoms with van der Waals surface area (Å²) in [6, 6.07) is 7.85. The Balaban J connectivity index is 1.61. The van der Waals surface area contributed by atoms with E-state index in [1.54, 1.807) is 0 Å². The van der Waals surface area contributed by atoms with Gasteiger partial charge < -0.3 is 10.3 Å². The number of aryl methyl sites for hydroxylation is 1. The van der Waals surface area contributed by atoms with Crippen LogP contribution in [0.4, 0.5) is 10.5 Å². The second-order valence-corrected chi connectivity index (χ2v) is 11.1. The van der Waals surface area contributed by atoms with Crippen LogP contribution in [0, 0.1) is 0 Å². The van der Waals surface area contributed by atoms with Crippen LogP contribution in [0.1, 0.15) is 70.1 Å². The Morgan fingerprint density at radius 1 is 1.30 bits per heavy atom. The van der Waals surface area contributed by atoms with Crippen molar-refractivity contribution in [3.8, 4) is 0 Å². The molecule has 0 spiro atoms. The van der Waals surface area contributed by atoms with Gasteiger partial charge >= 0.3 is 0 Å². The summed E-state index contributed by atoms with van der Waals surface area (Å²) in [5.41, 5.74) is 2.34. The van der Waals surface area contributed by atoms with Gasteiger partial charge in [-0.15, -0.1) is 0 Å². The number of carbonyl (C=O) groups is 2. The predicted octanol–water partition coefficient (Wildman–Crippen LogP) is 4.77. The quantitative estimate of drug-likeness (QED) is 0.722. The molecule has 2 aromatic rings. The lowest BCUT2D eigenvalue weighted by Crippen LogP contribution is -2.50. The first kappa shape index (κ1) is 21.0. The Hall–Kier alpha value is -2.28. The monoisotopic (exact) mass is 426 g/mol. The minimum atomic E-state index is -0.802. The minimum Gasteiger partial charge on any atom is -0.344 e. The maximum absolute atomic E-state index is 13.8. The third-order valence-corrected chi connectivity index (χ3v) is 6.48. The molecular weight excluding hydrogens is 396 g/mol. The molecule has 1 atom stereocenters. The molecule has 4 rings (SSSR count). The summed E-state index contributed by atoms with van der Waals surface area (Å²) in [4.78, 5) is 36.2. The first-order valence-electron chi connectivity index (χ1n) is 10.7. The lowest BCUT2D eigenvalue weighted by atomic mass is 10.1. The normalized spacial score (nSPS) is 19.5. The number of imidazole rings is 1. The average molecular weight is 427 g/mol. The van der Waals surface area contributed by atoms with E-state index in [4.69, 9.17) is 0 Å². The third kappa shape index (κ3) is 4.13. The molecular formula is C23H30N4O2S. The molecule has 1 fully saturated rings. The number of amides is 2. The van der Waals surface area contributed by atoms with Crippen molar-refractivity contribution >= 4 is 28.6 Å². The molecule has 1 aliphatic carbocycles. The fourth-order valence-corrected chi connectivity index (χ4v) is 4.85. The number of hydrogen-bond acceptors (Lipinski definition) is 4. The van der Waals surface area contributed by atoms with E-state index in [0.29, 0.717) is 12.8 Å². The van der Waals surface area contributed by atoms with Gasteiger partial charge in [0.25, 0.3) is 11.1 Å². The zero-order chi connectivity index (χ0) is 21.5. The number of nitrogens with zero attached hydrogens (tertiary/aromatic N) is 2. The molecule has 2 N–H and O–H groups in total. The van der Waals surface area contributed by atoms with Gasteiger partial charge in [-0.3, -0.25) is 14.5 Å². The van der Waals surface area contributed by atoms with Crippen LogP contribution in [-0.4, -0.2) is 31.4 Å². The second kappa shape index (κ2) is 7.76. The van der Waals surface area contributed by atoms with Crippen LogP contribution in [0.25, 0.3) is 0 Å². The van der Waals surface area contributed by atoms with Crippen molar-refractivity contribution < 1.29 is 9.59 Å². The molecule has 1 aromatic carbocycles. The number of H-pyrrole nitrogens is 1. The zero-order valence-electron chi connectivity index (χ0n) is 18.1. The summed E-state index contributed by atoms with van der Waals surface area (Å²) in [5.74, 6) is 0.781. The molecule has 0 radical (unpaired) electrons. The Morgan fingerprint density at radius 2 is 2.03 bits per heavy atom. The van der Waals surface area contributed by atoms with Crippen LogP contribution in [-0.2, 0) is 17.6 Å². The molecule has 2 heterocycles. The van der Waals surface area contributed by atoms with Crippen molar-refractivity contribution in [2.45, 2.75) is 76.1 Å². The van der Waals surface area contributed by atoms with Gasteiger partial charge in [0.05, 0.1) is 6.04 Å². The summed E-state index contributed by atoms with van der Waals surface area (Å²) in [6.07, 6.45) is 5.92. The SMILES string of the molecule is CCCc1cnc(C2Cc3ccccc3N2C(=O)C2(NC(=O)SC(C)(C)C)CC2)[nH]1. The zero-order valence-corrected chi connectivity index (χ0v) is 18.9. The van der Waals surface area contributed by atoms with Gasteiger partial charge in [0, 0.05) is 28.7 Å². The van der Waals surface area contributed by atoms with E-state index in [9.17, 15) is 9.59 Å². The van der Waals surface area contributed by atoms with Crippen LogP contribution >= 0.6 is 11.8 Å². The summed E-state index contributed by atoms with van der Waals surface area (Å²) in [6.45, 7) is 8.12. The highest BCUT2D eigenvalue weighted by molar-refractivity contribution is 8.14. The van der Waals surface area contributed by atoms with Gasteiger partial charge in [-0.2, -0.15) is 0 Å². The highest BCUT2D eigenvalue weighted by Gasteiger charge is 2.56. The van der Waals surface area contributed by atoms with Gasteiger partial charge in [0.15, 0.2) is 0 Å². The van der Waals surface area contributed by atoms with E-state index < -0.39 is 5.54 Å². The number of rotatable bonds is 5. The summed E-state index contributed by atoms with van der Waals surface area (Å²) >= 11 is 1.24. The molecule has 1 saturated carbocycles. The minimum absolute atomic E-state index is 0.0336. The maximum atomic E-state index is 13.8.